The maximum absolute atomic E-state index is 12.4. The number of aryl methyl sites for hydroxylation is 1. The largest absolute Gasteiger partial charge is 0.314 e. The fraction of sp³-hybridized carbons (Fsp3) is 0.600. The summed E-state index contributed by atoms with van der Waals surface area (Å²) < 4.78 is 1.74. The van der Waals surface area contributed by atoms with Gasteiger partial charge in [0.1, 0.15) is 5.82 Å². The lowest BCUT2D eigenvalue weighted by molar-refractivity contribution is 0.534. The first kappa shape index (κ1) is 22.6. The number of hydrogen-bond donors (Lipinski definition) is 2. The van der Waals surface area contributed by atoms with E-state index in [4.69, 9.17) is 11.6 Å². The zero-order valence-electron chi connectivity index (χ0n) is 16.6. The van der Waals surface area contributed by atoms with Crippen LogP contribution in [0.5, 0.6) is 0 Å². The summed E-state index contributed by atoms with van der Waals surface area (Å²) in [6, 6.07) is 5.28. The van der Waals surface area contributed by atoms with Gasteiger partial charge in [-0.15, -0.1) is 0 Å². The Morgan fingerprint density at radius 2 is 1.73 bits per heavy atom. The molecule has 6 heteroatoms. The van der Waals surface area contributed by atoms with Gasteiger partial charge in [0.2, 0.25) is 0 Å². The summed E-state index contributed by atoms with van der Waals surface area (Å²) in [6.45, 7) is 13.3. The molecule has 0 bridgehead atoms. The zero-order valence-corrected chi connectivity index (χ0v) is 17.3. The average Bonchev–Trinajstić information content (AvgIpc) is 2.70. The first-order chi connectivity index (χ1) is 12.7. The number of nitrogens with one attached hydrogen (secondary N) is 2. The second-order valence-corrected chi connectivity index (χ2v) is 6.28. The van der Waals surface area contributed by atoms with E-state index < -0.39 is 0 Å². The molecule has 0 aliphatic carbocycles. The Balaban J connectivity index is 0.000000353. The minimum atomic E-state index is 0.0103. The van der Waals surface area contributed by atoms with Crippen molar-refractivity contribution in [3.63, 3.8) is 0 Å². The molecule has 2 aromatic rings. The van der Waals surface area contributed by atoms with E-state index in [1.165, 1.54) is 0 Å². The number of hydrogen-bond acceptors (Lipinski definition) is 4. The van der Waals surface area contributed by atoms with E-state index in [1.807, 2.05) is 26.8 Å². The van der Waals surface area contributed by atoms with Crippen LogP contribution in [-0.2, 0) is 13.0 Å². The number of rotatable bonds is 4. The Morgan fingerprint density at radius 3 is 2.23 bits per heavy atom. The van der Waals surface area contributed by atoms with E-state index in [0.29, 0.717) is 17.0 Å². The van der Waals surface area contributed by atoms with Gasteiger partial charge < -0.3 is 10.6 Å². The van der Waals surface area contributed by atoms with Crippen LogP contribution in [0.25, 0.3) is 10.9 Å². The number of fused-ring (bicyclic) bond motifs is 1. The van der Waals surface area contributed by atoms with E-state index in [2.05, 4.69) is 22.5 Å². The molecule has 2 N–H and O–H groups in total. The molecule has 2 heterocycles. The number of halogens is 1. The minimum absolute atomic E-state index is 0.0103. The molecular weight excluding hydrogens is 348 g/mol. The van der Waals surface area contributed by atoms with Gasteiger partial charge in [-0.1, -0.05) is 38.8 Å². The maximum Gasteiger partial charge on any atom is 0.261 e. The molecule has 1 aliphatic heterocycles. The van der Waals surface area contributed by atoms with Crippen molar-refractivity contribution in [3.8, 4) is 0 Å². The predicted octanol–water partition coefficient (Wildman–Crippen LogP) is 3.62. The Kier molecular flexibility index (Phi) is 11.2. The third-order valence-electron chi connectivity index (χ3n) is 4.02. The van der Waals surface area contributed by atoms with Crippen LogP contribution in [0.15, 0.2) is 23.0 Å². The van der Waals surface area contributed by atoms with Crippen LogP contribution in [0.4, 0.5) is 0 Å². The molecule has 1 saturated heterocycles. The van der Waals surface area contributed by atoms with E-state index in [1.54, 1.807) is 16.7 Å². The highest BCUT2D eigenvalue weighted by atomic mass is 35.5. The monoisotopic (exact) mass is 380 g/mol. The molecular formula is C20H33ClN4O. The van der Waals surface area contributed by atoms with Gasteiger partial charge in [-0.3, -0.25) is 9.36 Å². The zero-order chi connectivity index (χ0) is 19.4. The first-order valence-electron chi connectivity index (χ1n) is 9.77. The normalized spacial score (nSPS) is 13.4. The SMILES string of the molecule is C1CNCCN1.CC.CCCCc1nc2ccc(Cl)cc2c(=O)n1CC. The highest BCUT2D eigenvalue weighted by Crippen LogP contribution is 2.16. The number of aromatic nitrogens is 2. The lowest BCUT2D eigenvalue weighted by atomic mass is 10.2. The van der Waals surface area contributed by atoms with Crippen molar-refractivity contribution in [2.45, 2.75) is 53.5 Å². The highest BCUT2D eigenvalue weighted by molar-refractivity contribution is 6.31. The molecule has 26 heavy (non-hydrogen) atoms. The van der Waals surface area contributed by atoms with Crippen molar-refractivity contribution >= 4 is 22.5 Å². The molecule has 1 aliphatic rings. The number of unbranched alkanes of at least 4 members (excludes halogenated alkanes) is 1. The van der Waals surface area contributed by atoms with Crippen molar-refractivity contribution < 1.29 is 0 Å². The third-order valence-corrected chi connectivity index (χ3v) is 4.26. The summed E-state index contributed by atoms with van der Waals surface area (Å²) in [6.07, 6.45) is 2.99. The molecule has 0 spiro atoms. The molecule has 0 radical (unpaired) electrons. The van der Waals surface area contributed by atoms with Crippen LogP contribution in [0.2, 0.25) is 5.02 Å². The average molecular weight is 381 g/mol. The van der Waals surface area contributed by atoms with E-state index >= 15 is 0 Å². The quantitative estimate of drug-likeness (QED) is 0.850. The van der Waals surface area contributed by atoms with Gasteiger partial charge in [0.15, 0.2) is 0 Å². The minimum Gasteiger partial charge on any atom is -0.314 e. The fourth-order valence-corrected chi connectivity index (χ4v) is 2.87. The number of benzene rings is 1. The van der Waals surface area contributed by atoms with Crippen molar-refractivity contribution in [3.05, 3.63) is 39.4 Å². The van der Waals surface area contributed by atoms with Crippen molar-refractivity contribution in [2.75, 3.05) is 26.2 Å². The van der Waals surface area contributed by atoms with Crippen LogP contribution in [0.1, 0.15) is 46.4 Å². The lowest BCUT2D eigenvalue weighted by Gasteiger charge is -2.11. The molecule has 1 aromatic heterocycles. The number of piperazine rings is 1. The molecule has 1 aromatic carbocycles. The topological polar surface area (TPSA) is 59.0 Å². The Hall–Kier alpha value is -1.43. The lowest BCUT2D eigenvalue weighted by Crippen LogP contribution is -2.39. The summed E-state index contributed by atoms with van der Waals surface area (Å²) in [5.74, 6) is 0.874. The fourth-order valence-electron chi connectivity index (χ4n) is 2.69. The van der Waals surface area contributed by atoms with Gasteiger partial charge >= 0.3 is 0 Å². The molecule has 0 amide bonds. The summed E-state index contributed by atoms with van der Waals surface area (Å²) in [5.41, 5.74) is 0.747. The second kappa shape index (κ2) is 12.8. The van der Waals surface area contributed by atoms with Crippen molar-refractivity contribution in [1.29, 1.82) is 0 Å². The van der Waals surface area contributed by atoms with Gasteiger partial charge in [-0.2, -0.15) is 0 Å². The van der Waals surface area contributed by atoms with Gasteiger partial charge in [-0.25, -0.2) is 4.98 Å². The Bertz CT molecular complexity index is 699. The molecule has 0 atom stereocenters. The van der Waals surface area contributed by atoms with Gasteiger partial charge in [0.05, 0.1) is 10.9 Å². The van der Waals surface area contributed by atoms with Crippen LogP contribution < -0.4 is 16.2 Å². The Morgan fingerprint density at radius 1 is 1.12 bits per heavy atom. The standard InChI is InChI=1S/C14H17ClN2O.C4H10N2.C2H6/c1-3-5-6-13-16-12-8-7-10(15)9-11(12)14(18)17(13)4-2;1-2-6-4-3-5-1;1-2/h7-9H,3-6H2,1-2H3;5-6H,1-4H2;1-2H3. The van der Waals surface area contributed by atoms with Crippen molar-refractivity contribution in [2.24, 2.45) is 0 Å². The molecule has 146 valence electrons. The Labute approximate surface area is 162 Å². The first-order valence-corrected chi connectivity index (χ1v) is 10.2. The van der Waals surface area contributed by atoms with Crippen molar-refractivity contribution in [1.82, 2.24) is 20.2 Å². The predicted molar refractivity (Wildman–Crippen MR) is 112 cm³/mol. The molecule has 3 rings (SSSR count). The van der Waals surface area contributed by atoms with Gasteiger partial charge in [0, 0.05) is 44.2 Å². The number of nitrogens with zero attached hydrogens (tertiary/aromatic N) is 2. The van der Waals surface area contributed by atoms with Crippen LogP contribution in [0, 0.1) is 0 Å². The summed E-state index contributed by atoms with van der Waals surface area (Å²) in [5, 5.41) is 7.62. The maximum atomic E-state index is 12.4. The summed E-state index contributed by atoms with van der Waals surface area (Å²) in [7, 11) is 0. The summed E-state index contributed by atoms with van der Waals surface area (Å²) in [4.78, 5) is 16.9. The molecule has 5 nitrogen and oxygen atoms in total. The van der Waals surface area contributed by atoms with Gasteiger partial charge in [-0.05, 0) is 31.5 Å². The third kappa shape index (κ3) is 6.71. The van der Waals surface area contributed by atoms with E-state index in [9.17, 15) is 4.79 Å². The van der Waals surface area contributed by atoms with E-state index in [-0.39, 0.29) is 5.56 Å². The van der Waals surface area contributed by atoms with Gasteiger partial charge in [0.25, 0.3) is 5.56 Å². The van der Waals surface area contributed by atoms with Crippen LogP contribution in [0.3, 0.4) is 0 Å². The summed E-state index contributed by atoms with van der Waals surface area (Å²) >= 11 is 5.93. The van der Waals surface area contributed by atoms with Crippen LogP contribution >= 0.6 is 11.6 Å². The van der Waals surface area contributed by atoms with Crippen LogP contribution in [-0.4, -0.2) is 35.7 Å². The smallest absolute Gasteiger partial charge is 0.261 e. The molecule has 0 saturated carbocycles. The highest BCUT2D eigenvalue weighted by Gasteiger charge is 2.09. The second-order valence-electron chi connectivity index (χ2n) is 5.84. The molecule has 1 fully saturated rings. The van der Waals surface area contributed by atoms with E-state index in [0.717, 1.165) is 56.8 Å². The molecule has 0 unspecified atom stereocenters.